The summed E-state index contributed by atoms with van der Waals surface area (Å²) in [6.45, 7) is 1.17. The molecule has 0 aromatic carbocycles. The molecule has 1 unspecified atom stereocenters. The predicted octanol–water partition coefficient (Wildman–Crippen LogP) is 0.623. The first-order valence-electron chi connectivity index (χ1n) is 5.25. The molecular formula is C10H14BrN3O2. The van der Waals surface area contributed by atoms with E-state index >= 15 is 0 Å². The van der Waals surface area contributed by atoms with Crippen LogP contribution in [0.3, 0.4) is 0 Å². The van der Waals surface area contributed by atoms with E-state index < -0.39 is 0 Å². The van der Waals surface area contributed by atoms with E-state index in [1.807, 2.05) is 6.07 Å². The minimum atomic E-state index is 0.0264. The van der Waals surface area contributed by atoms with Crippen LogP contribution >= 0.6 is 15.9 Å². The van der Waals surface area contributed by atoms with Gasteiger partial charge < -0.3 is 5.11 Å². The lowest BCUT2D eigenvalue weighted by atomic mass is 10.2. The highest BCUT2D eigenvalue weighted by Crippen LogP contribution is 2.25. The number of carbonyl (C=O) groups is 1. The zero-order valence-electron chi connectivity index (χ0n) is 8.84. The maximum Gasteiger partial charge on any atom is 0.228 e. The molecule has 5 nitrogen and oxygen atoms in total. The summed E-state index contributed by atoms with van der Waals surface area (Å²) in [6, 6.07) is 1.81. The van der Waals surface area contributed by atoms with E-state index in [0.717, 1.165) is 17.7 Å². The van der Waals surface area contributed by atoms with E-state index in [2.05, 4.69) is 21.0 Å². The molecule has 0 bridgehead atoms. The van der Waals surface area contributed by atoms with Crippen LogP contribution in [-0.2, 0) is 11.3 Å². The van der Waals surface area contributed by atoms with Crippen molar-refractivity contribution < 1.29 is 9.90 Å². The maximum absolute atomic E-state index is 11.8. The molecule has 1 aromatic rings. The van der Waals surface area contributed by atoms with Gasteiger partial charge in [0.15, 0.2) is 0 Å². The maximum atomic E-state index is 11.8. The predicted molar refractivity (Wildman–Crippen MR) is 63.6 cm³/mol. The highest BCUT2D eigenvalue weighted by atomic mass is 79.9. The third kappa shape index (κ3) is 2.12. The number of alkyl halides is 1. The Kier molecular flexibility index (Phi) is 3.60. The first-order chi connectivity index (χ1) is 7.76. The van der Waals surface area contributed by atoms with E-state index in [1.54, 1.807) is 15.8 Å². The molecule has 1 aliphatic heterocycles. The van der Waals surface area contributed by atoms with Gasteiger partial charge in [-0.3, -0.25) is 9.69 Å². The lowest BCUT2D eigenvalue weighted by Gasteiger charge is -2.17. The van der Waals surface area contributed by atoms with Crippen LogP contribution in [0.5, 0.6) is 0 Å². The number of aliphatic hydroxyl groups excluding tert-OH is 1. The Morgan fingerprint density at radius 1 is 1.62 bits per heavy atom. The molecule has 2 rings (SSSR count). The van der Waals surface area contributed by atoms with Gasteiger partial charge >= 0.3 is 0 Å². The molecule has 16 heavy (non-hydrogen) atoms. The summed E-state index contributed by atoms with van der Waals surface area (Å²) in [4.78, 5) is 13.5. The van der Waals surface area contributed by atoms with Crippen molar-refractivity contribution in [3.63, 3.8) is 0 Å². The van der Waals surface area contributed by atoms with Crippen LogP contribution in [0.15, 0.2) is 12.3 Å². The first kappa shape index (κ1) is 11.6. The fourth-order valence-corrected chi connectivity index (χ4v) is 2.36. The number of aromatic nitrogens is 2. The lowest BCUT2D eigenvalue weighted by Crippen LogP contribution is -2.27. The average molecular weight is 288 g/mol. The van der Waals surface area contributed by atoms with Gasteiger partial charge in [0.1, 0.15) is 5.82 Å². The number of anilines is 1. The smallest absolute Gasteiger partial charge is 0.228 e. The fraction of sp³-hybridized carbons (Fsp3) is 0.600. The van der Waals surface area contributed by atoms with Gasteiger partial charge in [0, 0.05) is 24.4 Å². The third-order valence-corrected chi connectivity index (χ3v) is 3.62. The molecule has 1 fully saturated rings. The molecule has 0 saturated carbocycles. The van der Waals surface area contributed by atoms with E-state index in [1.165, 1.54) is 0 Å². The second kappa shape index (κ2) is 4.97. The molecule has 0 radical (unpaired) electrons. The molecular weight excluding hydrogens is 274 g/mol. The molecule has 1 aromatic heterocycles. The van der Waals surface area contributed by atoms with E-state index in [0.29, 0.717) is 18.9 Å². The Labute approximate surface area is 102 Å². The van der Waals surface area contributed by atoms with Gasteiger partial charge in [-0.1, -0.05) is 15.9 Å². The number of amides is 1. The van der Waals surface area contributed by atoms with E-state index in [9.17, 15) is 4.79 Å². The second-order valence-electron chi connectivity index (χ2n) is 3.86. The normalized spacial score (nSPS) is 20.8. The van der Waals surface area contributed by atoms with Gasteiger partial charge in [-0.15, -0.1) is 0 Å². The van der Waals surface area contributed by atoms with Gasteiger partial charge in [0.25, 0.3) is 0 Å². The quantitative estimate of drug-likeness (QED) is 0.826. The topological polar surface area (TPSA) is 58.4 Å². The molecule has 1 amide bonds. The number of hydrogen-bond acceptors (Lipinski definition) is 3. The van der Waals surface area contributed by atoms with Crippen LogP contribution in [-0.4, -0.2) is 39.3 Å². The van der Waals surface area contributed by atoms with Crippen molar-refractivity contribution in [2.45, 2.75) is 13.0 Å². The monoisotopic (exact) mass is 287 g/mol. The summed E-state index contributed by atoms with van der Waals surface area (Å²) in [5, 5.41) is 13.8. The molecule has 1 saturated heterocycles. The van der Waals surface area contributed by atoms with Crippen LogP contribution < -0.4 is 4.90 Å². The molecule has 0 aliphatic carbocycles. The van der Waals surface area contributed by atoms with Gasteiger partial charge in [0.05, 0.1) is 19.3 Å². The van der Waals surface area contributed by atoms with Gasteiger partial charge in [0.2, 0.25) is 5.91 Å². The van der Waals surface area contributed by atoms with Crippen molar-refractivity contribution in [2.24, 2.45) is 5.92 Å². The average Bonchev–Trinajstić information content (AvgIpc) is 2.85. The minimum Gasteiger partial charge on any atom is -0.394 e. The molecule has 0 spiro atoms. The number of halogens is 1. The molecule has 1 atom stereocenters. The molecule has 1 N–H and O–H groups in total. The van der Waals surface area contributed by atoms with Gasteiger partial charge in [-0.2, -0.15) is 5.10 Å². The van der Waals surface area contributed by atoms with Crippen LogP contribution in [0.25, 0.3) is 0 Å². The Morgan fingerprint density at radius 2 is 2.44 bits per heavy atom. The van der Waals surface area contributed by atoms with Crippen LogP contribution in [0.1, 0.15) is 6.42 Å². The Bertz CT molecular complexity index is 380. The van der Waals surface area contributed by atoms with Crippen molar-refractivity contribution in [3.05, 3.63) is 12.3 Å². The van der Waals surface area contributed by atoms with E-state index in [-0.39, 0.29) is 12.5 Å². The Balaban J connectivity index is 2.17. The fourth-order valence-electron chi connectivity index (χ4n) is 1.93. The third-order valence-electron chi connectivity index (χ3n) is 2.71. The summed E-state index contributed by atoms with van der Waals surface area (Å²) in [7, 11) is 0. The summed E-state index contributed by atoms with van der Waals surface area (Å²) in [5.74, 6) is 1.27. The van der Waals surface area contributed by atoms with Crippen LogP contribution in [0, 0.1) is 5.92 Å². The van der Waals surface area contributed by atoms with Crippen molar-refractivity contribution >= 4 is 27.7 Å². The standard InChI is InChI=1S/C10H14BrN3O2/c11-6-8-5-10(16)13(7-8)9-1-2-12-14(9)3-4-15/h1-2,8,15H,3-7H2. The highest BCUT2D eigenvalue weighted by Gasteiger charge is 2.31. The largest absolute Gasteiger partial charge is 0.394 e. The number of hydrogen-bond donors (Lipinski definition) is 1. The lowest BCUT2D eigenvalue weighted by molar-refractivity contribution is -0.117. The van der Waals surface area contributed by atoms with Gasteiger partial charge in [-0.25, -0.2) is 4.68 Å². The number of nitrogens with zero attached hydrogens (tertiary/aromatic N) is 3. The van der Waals surface area contributed by atoms with Crippen LogP contribution in [0.4, 0.5) is 5.82 Å². The summed E-state index contributed by atoms with van der Waals surface area (Å²) < 4.78 is 1.66. The number of aliphatic hydroxyl groups is 1. The molecule has 2 heterocycles. The molecule has 6 heteroatoms. The van der Waals surface area contributed by atoms with E-state index in [4.69, 9.17) is 5.11 Å². The number of rotatable bonds is 4. The van der Waals surface area contributed by atoms with Crippen LogP contribution in [0.2, 0.25) is 0 Å². The van der Waals surface area contributed by atoms with Crippen molar-refractivity contribution in [1.82, 2.24) is 9.78 Å². The van der Waals surface area contributed by atoms with Crippen molar-refractivity contribution in [2.75, 3.05) is 23.4 Å². The molecule has 1 aliphatic rings. The Hall–Kier alpha value is -0.880. The minimum absolute atomic E-state index is 0.0264. The summed E-state index contributed by atoms with van der Waals surface area (Å²) in [5.41, 5.74) is 0. The Morgan fingerprint density at radius 3 is 3.06 bits per heavy atom. The first-order valence-corrected chi connectivity index (χ1v) is 6.37. The van der Waals surface area contributed by atoms with Gasteiger partial charge in [-0.05, 0) is 5.92 Å². The summed E-state index contributed by atoms with van der Waals surface area (Å²) in [6.07, 6.45) is 2.23. The van der Waals surface area contributed by atoms with Crippen molar-refractivity contribution in [3.8, 4) is 0 Å². The summed E-state index contributed by atoms with van der Waals surface area (Å²) >= 11 is 3.40. The number of carbonyl (C=O) groups excluding carboxylic acids is 1. The highest BCUT2D eigenvalue weighted by molar-refractivity contribution is 9.09. The zero-order chi connectivity index (χ0) is 11.5. The SMILES string of the molecule is O=C1CC(CBr)CN1c1ccnn1CCO. The zero-order valence-corrected chi connectivity index (χ0v) is 10.4. The van der Waals surface area contributed by atoms with Crippen molar-refractivity contribution in [1.29, 1.82) is 0 Å². The molecule has 88 valence electrons. The second-order valence-corrected chi connectivity index (χ2v) is 4.51.